The van der Waals surface area contributed by atoms with Gasteiger partial charge in [-0.2, -0.15) is 0 Å². The number of aliphatic hydroxyl groups excluding tert-OH is 1. The Morgan fingerprint density at radius 2 is 1.64 bits per heavy atom. The SMILES string of the molecule is CN(CCO)CC(=O)Nc1cccc2c1C(=O)c1ccccc1C2=O. The van der Waals surface area contributed by atoms with E-state index in [9.17, 15) is 14.4 Å². The lowest BCUT2D eigenvalue weighted by atomic mass is 9.83. The van der Waals surface area contributed by atoms with Crippen molar-refractivity contribution in [3.05, 3.63) is 64.7 Å². The molecule has 0 aliphatic heterocycles. The first-order chi connectivity index (χ1) is 12.0. The molecular formula is C19H18N2O4. The third-order valence-corrected chi connectivity index (χ3v) is 4.12. The molecular weight excluding hydrogens is 320 g/mol. The number of rotatable bonds is 5. The summed E-state index contributed by atoms with van der Waals surface area (Å²) in [5.74, 6) is -0.813. The highest BCUT2D eigenvalue weighted by Crippen LogP contribution is 2.31. The van der Waals surface area contributed by atoms with Crippen molar-refractivity contribution in [3.63, 3.8) is 0 Å². The van der Waals surface area contributed by atoms with Gasteiger partial charge in [-0.15, -0.1) is 0 Å². The van der Waals surface area contributed by atoms with E-state index in [1.54, 1.807) is 54.4 Å². The zero-order valence-corrected chi connectivity index (χ0v) is 13.8. The summed E-state index contributed by atoms with van der Waals surface area (Å²) in [5, 5.41) is 11.6. The molecule has 3 rings (SSSR count). The van der Waals surface area contributed by atoms with E-state index in [0.717, 1.165) is 0 Å². The van der Waals surface area contributed by atoms with Gasteiger partial charge in [0.05, 0.1) is 24.4 Å². The number of ketones is 2. The first kappa shape index (κ1) is 17.0. The van der Waals surface area contributed by atoms with Gasteiger partial charge in [0.15, 0.2) is 11.6 Å². The number of hydrogen-bond acceptors (Lipinski definition) is 5. The summed E-state index contributed by atoms with van der Waals surface area (Å²) in [6, 6.07) is 11.5. The summed E-state index contributed by atoms with van der Waals surface area (Å²) in [7, 11) is 1.71. The molecule has 2 aromatic carbocycles. The Bertz CT molecular complexity index is 860. The number of likely N-dealkylation sites (N-methyl/N-ethyl adjacent to an activating group) is 1. The van der Waals surface area contributed by atoms with Crippen LogP contribution in [0.2, 0.25) is 0 Å². The number of fused-ring (bicyclic) bond motifs is 2. The lowest BCUT2D eigenvalue weighted by Gasteiger charge is -2.21. The Labute approximate surface area is 145 Å². The monoisotopic (exact) mass is 338 g/mol. The number of benzene rings is 2. The van der Waals surface area contributed by atoms with E-state index in [1.165, 1.54) is 0 Å². The van der Waals surface area contributed by atoms with Gasteiger partial charge in [-0.1, -0.05) is 36.4 Å². The third-order valence-electron chi connectivity index (χ3n) is 4.12. The summed E-state index contributed by atoms with van der Waals surface area (Å²) < 4.78 is 0. The second-order valence-electron chi connectivity index (χ2n) is 5.94. The fraction of sp³-hybridized carbons (Fsp3) is 0.211. The molecule has 2 N–H and O–H groups in total. The molecule has 6 heteroatoms. The summed E-state index contributed by atoms with van der Waals surface area (Å²) in [6.07, 6.45) is 0. The fourth-order valence-electron chi connectivity index (χ4n) is 2.93. The lowest BCUT2D eigenvalue weighted by Crippen LogP contribution is -2.33. The summed E-state index contributed by atoms with van der Waals surface area (Å²) >= 11 is 0. The van der Waals surface area contributed by atoms with Crippen molar-refractivity contribution in [2.75, 3.05) is 32.1 Å². The highest BCUT2D eigenvalue weighted by atomic mass is 16.3. The molecule has 0 spiro atoms. The van der Waals surface area contributed by atoms with Crippen LogP contribution in [0.1, 0.15) is 31.8 Å². The second kappa shape index (κ2) is 6.96. The average Bonchev–Trinajstić information content (AvgIpc) is 2.59. The van der Waals surface area contributed by atoms with Crippen LogP contribution in [0.3, 0.4) is 0 Å². The van der Waals surface area contributed by atoms with Crippen molar-refractivity contribution in [2.45, 2.75) is 0 Å². The van der Waals surface area contributed by atoms with Crippen LogP contribution in [0.5, 0.6) is 0 Å². The number of carbonyl (C=O) groups is 3. The molecule has 128 valence electrons. The first-order valence-corrected chi connectivity index (χ1v) is 7.93. The minimum absolute atomic E-state index is 0.0473. The lowest BCUT2D eigenvalue weighted by molar-refractivity contribution is -0.117. The Hall–Kier alpha value is -2.83. The van der Waals surface area contributed by atoms with Crippen LogP contribution in [-0.4, -0.2) is 54.2 Å². The molecule has 0 bridgehead atoms. The van der Waals surface area contributed by atoms with Crippen molar-refractivity contribution in [3.8, 4) is 0 Å². The molecule has 1 amide bonds. The maximum absolute atomic E-state index is 12.8. The molecule has 0 radical (unpaired) electrons. The molecule has 25 heavy (non-hydrogen) atoms. The predicted molar refractivity (Wildman–Crippen MR) is 93.0 cm³/mol. The molecule has 0 heterocycles. The van der Waals surface area contributed by atoms with Gasteiger partial charge < -0.3 is 10.4 Å². The van der Waals surface area contributed by atoms with E-state index < -0.39 is 0 Å². The van der Waals surface area contributed by atoms with Crippen LogP contribution in [0.25, 0.3) is 0 Å². The van der Waals surface area contributed by atoms with Gasteiger partial charge in [-0.05, 0) is 13.1 Å². The van der Waals surface area contributed by atoms with E-state index in [0.29, 0.717) is 28.9 Å². The van der Waals surface area contributed by atoms with Crippen molar-refractivity contribution in [1.29, 1.82) is 0 Å². The highest BCUT2D eigenvalue weighted by Gasteiger charge is 2.31. The van der Waals surface area contributed by atoms with Gasteiger partial charge in [-0.3, -0.25) is 19.3 Å². The number of hydrogen-bond donors (Lipinski definition) is 2. The Balaban J connectivity index is 1.93. The molecule has 0 unspecified atom stereocenters. The van der Waals surface area contributed by atoms with Gasteiger partial charge in [0.1, 0.15) is 0 Å². The summed E-state index contributed by atoms with van der Waals surface area (Å²) in [6.45, 7) is 0.391. The zero-order chi connectivity index (χ0) is 18.0. The van der Waals surface area contributed by atoms with Crippen LogP contribution >= 0.6 is 0 Å². The zero-order valence-electron chi connectivity index (χ0n) is 13.8. The molecule has 2 aromatic rings. The number of aliphatic hydroxyl groups is 1. The van der Waals surface area contributed by atoms with Gasteiger partial charge in [0, 0.05) is 23.2 Å². The van der Waals surface area contributed by atoms with Crippen LogP contribution in [0.15, 0.2) is 42.5 Å². The largest absolute Gasteiger partial charge is 0.395 e. The standard InChI is InChI=1S/C19H18N2O4/c1-21(9-10-22)11-16(23)20-15-8-4-7-14-17(15)19(25)13-6-3-2-5-12(13)18(14)24/h2-8,22H,9-11H2,1H3,(H,20,23). The quantitative estimate of drug-likeness (QED) is 0.733. The second-order valence-corrected chi connectivity index (χ2v) is 5.94. The molecule has 0 saturated carbocycles. The van der Waals surface area contributed by atoms with Gasteiger partial charge in [0.2, 0.25) is 5.91 Å². The first-order valence-electron chi connectivity index (χ1n) is 7.93. The predicted octanol–water partition coefficient (Wildman–Crippen LogP) is 1.32. The number of nitrogens with one attached hydrogen (secondary N) is 1. The van der Waals surface area contributed by atoms with Crippen LogP contribution in [-0.2, 0) is 4.79 Å². The molecule has 1 aliphatic rings. The molecule has 0 atom stereocenters. The number of nitrogens with zero attached hydrogens (tertiary/aromatic N) is 1. The molecule has 0 saturated heterocycles. The average molecular weight is 338 g/mol. The molecule has 0 fully saturated rings. The minimum Gasteiger partial charge on any atom is -0.395 e. The van der Waals surface area contributed by atoms with E-state index in [2.05, 4.69) is 5.32 Å². The Kier molecular flexibility index (Phi) is 4.74. The minimum atomic E-state index is -0.316. The van der Waals surface area contributed by atoms with Gasteiger partial charge in [-0.25, -0.2) is 0 Å². The molecule has 6 nitrogen and oxygen atoms in total. The number of carbonyl (C=O) groups excluding carboxylic acids is 3. The highest BCUT2D eigenvalue weighted by molar-refractivity contribution is 6.30. The van der Waals surface area contributed by atoms with Crippen LogP contribution < -0.4 is 5.32 Å². The van der Waals surface area contributed by atoms with E-state index in [-0.39, 0.29) is 36.2 Å². The Morgan fingerprint density at radius 1 is 1.00 bits per heavy atom. The van der Waals surface area contributed by atoms with Crippen LogP contribution in [0, 0.1) is 0 Å². The van der Waals surface area contributed by atoms with E-state index in [1.807, 2.05) is 0 Å². The Morgan fingerprint density at radius 3 is 2.32 bits per heavy atom. The number of anilines is 1. The van der Waals surface area contributed by atoms with Crippen molar-refractivity contribution >= 4 is 23.2 Å². The summed E-state index contributed by atoms with van der Waals surface area (Å²) in [5.41, 5.74) is 1.58. The van der Waals surface area contributed by atoms with Crippen molar-refractivity contribution in [2.24, 2.45) is 0 Å². The third kappa shape index (κ3) is 3.22. The summed E-state index contributed by atoms with van der Waals surface area (Å²) in [4.78, 5) is 39.3. The van der Waals surface area contributed by atoms with Gasteiger partial charge >= 0.3 is 0 Å². The number of amides is 1. The molecule has 0 aromatic heterocycles. The van der Waals surface area contributed by atoms with E-state index >= 15 is 0 Å². The van der Waals surface area contributed by atoms with E-state index in [4.69, 9.17) is 5.11 Å². The van der Waals surface area contributed by atoms with Crippen LogP contribution in [0.4, 0.5) is 5.69 Å². The van der Waals surface area contributed by atoms with Gasteiger partial charge in [0.25, 0.3) is 0 Å². The van der Waals surface area contributed by atoms with Crippen molar-refractivity contribution < 1.29 is 19.5 Å². The smallest absolute Gasteiger partial charge is 0.238 e. The molecule has 1 aliphatic carbocycles. The normalized spacial score (nSPS) is 12.8. The maximum Gasteiger partial charge on any atom is 0.238 e. The fourth-order valence-corrected chi connectivity index (χ4v) is 2.93. The maximum atomic E-state index is 12.8. The van der Waals surface area contributed by atoms with Crippen molar-refractivity contribution in [1.82, 2.24) is 4.90 Å². The topological polar surface area (TPSA) is 86.7 Å².